The molecule has 2 nitrogen and oxygen atoms in total. The first-order valence-corrected chi connectivity index (χ1v) is 10.3. The summed E-state index contributed by atoms with van der Waals surface area (Å²) in [5, 5.41) is 0.621. The number of dihydropyridines is 1. The summed E-state index contributed by atoms with van der Waals surface area (Å²) < 4.78 is 47.5. The summed E-state index contributed by atoms with van der Waals surface area (Å²) in [5.74, 6) is 0.618. The summed E-state index contributed by atoms with van der Waals surface area (Å²) in [6.07, 6.45) is -0.0748. The van der Waals surface area contributed by atoms with Crippen LogP contribution in [0.2, 0.25) is 5.02 Å². The molecule has 0 saturated heterocycles. The number of aliphatic imine (C=N–C) groups is 1. The van der Waals surface area contributed by atoms with Crippen LogP contribution in [0.15, 0.2) is 82.9 Å². The minimum absolute atomic E-state index is 0.0606. The van der Waals surface area contributed by atoms with E-state index in [-0.39, 0.29) is 12.3 Å². The predicted octanol–water partition coefficient (Wildman–Crippen LogP) is 7.21. The van der Waals surface area contributed by atoms with Gasteiger partial charge in [0, 0.05) is 16.2 Å². The molecule has 0 fully saturated rings. The van der Waals surface area contributed by atoms with Gasteiger partial charge in [0.05, 0.1) is 12.3 Å². The van der Waals surface area contributed by atoms with Crippen LogP contribution in [0.5, 0.6) is 5.75 Å². The van der Waals surface area contributed by atoms with Gasteiger partial charge in [-0.15, -0.1) is 0 Å². The van der Waals surface area contributed by atoms with Gasteiger partial charge in [-0.1, -0.05) is 60.2 Å². The van der Waals surface area contributed by atoms with E-state index in [4.69, 9.17) is 16.3 Å². The van der Waals surface area contributed by atoms with Crippen LogP contribution in [0, 0.1) is 5.41 Å². The molecule has 0 aromatic heterocycles. The molecule has 2 aliphatic rings. The van der Waals surface area contributed by atoms with Crippen molar-refractivity contribution in [3.8, 4) is 5.75 Å². The number of halogens is 4. The predicted molar refractivity (Wildman–Crippen MR) is 119 cm³/mol. The van der Waals surface area contributed by atoms with E-state index in [2.05, 4.69) is 4.99 Å². The van der Waals surface area contributed by atoms with Crippen LogP contribution >= 0.6 is 11.6 Å². The van der Waals surface area contributed by atoms with Gasteiger partial charge < -0.3 is 4.74 Å². The Bertz CT molecular complexity index is 1140. The van der Waals surface area contributed by atoms with Gasteiger partial charge in [0.15, 0.2) is 0 Å². The van der Waals surface area contributed by atoms with Crippen LogP contribution in [-0.4, -0.2) is 18.4 Å². The Balaban J connectivity index is 1.65. The third-order valence-electron chi connectivity index (χ3n) is 5.67. The summed E-state index contributed by atoms with van der Waals surface area (Å²) in [5.41, 5.74) is 1.80. The number of hydrogen-bond donors (Lipinski definition) is 0. The molecule has 160 valence electrons. The second-order valence-corrected chi connectivity index (χ2v) is 8.27. The van der Waals surface area contributed by atoms with Crippen molar-refractivity contribution >= 4 is 22.9 Å². The lowest BCUT2D eigenvalue weighted by atomic mass is 9.72. The lowest BCUT2D eigenvalue weighted by Crippen LogP contribution is -2.44. The normalized spacial score (nSPS) is 20.8. The minimum atomic E-state index is -4.43. The highest BCUT2D eigenvalue weighted by Crippen LogP contribution is 2.48. The SMILES string of the molecule is CC1=C(c2cccc(OCc3ccccc3Cl)c2)C2=CC=CC(C)(C(F)(F)F)C2=NC1. The van der Waals surface area contributed by atoms with Crippen molar-refractivity contribution < 1.29 is 17.9 Å². The van der Waals surface area contributed by atoms with E-state index in [0.717, 1.165) is 22.3 Å². The number of alkyl halides is 3. The summed E-state index contributed by atoms with van der Waals surface area (Å²) in [7, 11) is 0. The van der Waals surface area contributed by atoms with Crippen molar-refractivity contribution in [2.75, 3.05) is 6.54 Å². The number of benzene rings is 2. The van der Waals surface area contributed by atoms with Crippen LogP contribution < -0.4 is 4.74 Å². The molecule has 0 amide bonds. The van der Waals surface area contributed by atoms with Crippen LogP contribution in [0.25, 0.3) is 5.57 Å². The third kappa shape index (κ3) is 3.94. The van der Waals surface area contributed by atoms with Crippen molar-refractivity contribution in [2.45, 2.75) is 26.6 Å². The van der Waals surface area contributed by atoms with Crippen molar-refractivity contribution in [3.63, 3.8) is 0 Å². The molecule has 0 spiro atoms. The average molecular weight is 444 g/mol. The molecule has 2 aromatic carbocycles. The van der Waals surface area contributed by atoms with E-state index in [1.54, 1.807) is 12.1 Å². The van der Waals surface area contributed by atoms with Gasteiger partial charge >= 0.3 is 6.18 Å². The van der Waals surface area contributed by atoms with Crippen LogP contribution in [0.1, 0.15) is 25.0 Å². The number of ether oxygens (including phenoxy) is 1. The summed E-state index contributed by atoms with van der Waals surface area (Å²) in [4.78, 5) is 4.31. The molecule has 0 N–H and O–H groups in total. The van der Waals surface area contributed by atoms with Crippen molar-refractivity contribution in [3.05, 3.63) is 94.1 Å². The Hall–Kier alpha value is -2.79. The molecular weight excluding hydrogens is 423 g/mol. The first kappa shape index (κ1) is 21.4. The largest absolute Gasteiger partial charge is 0.489 e. The van der Waals surface area contributed by atoms with Gasteiger partial charge in [0.2, 0.25) is 0 Å². The molecular formula is C25H21ClF3NO. The molecule has 1 heterocycles. The van der Waals surface area contributed by atoms with E-state index in [9.17, 15) is 13.2 Å². The minimum Gasteiger partial charge on any atom is -0.489 e. The Morgan fingerprint density at radius 2 is 1.90 bits per heavy atom. The number of nitrogens with zero attached hydrogens (tertiary/aromatic N) is 1. The zero-order valence-corrected chi connectivity index (χ0v) is 17.9. The highest BCUT2D eigenvalue weighted by atomic mass is 35.5. The highest BCUT2D eigenvalue weighted by Gasteiger charge is 2.55. The first-order chi connectivity index (χ1) is 14.7. The third-order valence-corrected chi connectivity index (χ3v) is 6.04. The quantitative estimate of drug-likeness (QED) is 0.489. The molecule has 0 saturated carbocycles. The van der Waals surface area contributed by atoms with E-state index < -0.39 is 11.6 Å². The zero-order chi connectivity index (χ0) is 22.2. The Labute approximate surface area is 184 Å². The first-order valence-electron chi connectivity index (χ1n) is 9.89. The lowest BCUT2D eigenvalue weighted by Gasteiger charge is -2.36. The second kappa shape index (κ2) is 8.04. The molecule has 4 rings (SSSR count). The molecule has 1 aliphatic heterocycles. The van der Waals surface area contributed by atoms with E-state index in [0.29, 0.717) is 23.0 Å². The van der Waals surface area contributed by atoms with Crippen LogP contribution in [0.4, 0.5) is 13.2 Å². The Kier molecular flexibility index (Phi) is 5.56. The molecule has 0 bridgehead atoms. The van der Waals surface area contributed by atoms with Gasteiger partial charge in [0.25, 0.3) is 0 Å². The molecule has 6 heteroatoms. The average Bonchev–Trinajstić information content (AvgIpc) is 2.72. The maximum Gasteiger partial charge on any atom is 0.403 e. The molecule has 31 heavy (non-hydrogen) atoms. The van der Waals surface area contributed by atoms with Crippen molar-refractivity contribution in [2.24, 2.45) is 10.4 Å². The molecule has 1 atom stereocenters. The van der Waals surface area contributed by atoms with E-state index in [1.807, 2.05) is 49.4 Å². The lowest BCUT2D eigenvalue weighted by molar-refractivity contribution is -0.176. The van der Waals surface area contributed by atoms with Crippen molar-refractivity contribution in [1.29, 1.82) is 0 Å². The number of fused-ring (bicyclic) bond motifs is 1. The van der Waals surface area contributed by atoms with Crippen LogP contribution in [-0.2, 0) is 6.61 Å². The fourth-order valence-electron chi connectivity index (χ4n) is 3.88. The standard InChI is InChI=1S/C25H21ClF3NO/c1-16-14-30-23-20(10-6-12-24(23,2)25(27,28)29)22(16)17-8-5-9-19(13-17)31-15-18-7-3-4-11-21(18)26/h3-13H,14-15H2,1-2H3. The van der Waals surface area contributed by atoms with E-state index in [1.165, 1.54) is 19.1 Å². The maximum atomic E-state index is 13.9. The summed E-state index contributed by atoms with van der Waals surface area (Å²) >= 11 is 6.20. The Morgan fingerprint density at radius 3 is 2.65 bits per heavy atom. The fraction of sp³-hybridized carbons (Fsp3) is 0.240. The Morgan fingerprint density at radius 1 is 1.13 bits per heavy atom. The van der Waals surface area contributed by atoms with Crippen LogP contribution in [0.3, 0.4) is 0 Å². The molecule has 2 aromatic rings. The topological polar surface area (TPSA) is 21.6 Å². The van der Waals surface area contributed by atoms with Gasteiger partial charge in [0.1, 0.15) is 17.8 Å². The van der Waals surface area contributed by atoms with Crippen molar-refractivity contribution in [1.82, 2.24) is 0 Å². The fourth-order valence-corrected chi connectivity index (χ4v) is 4.07. The number of hydrogen-bond acceptors (Lipinski definition) is 2. The van der Waals surface area contributed by atoms with Gasteiger partial charge in [-0.25, -0.2) is 0 Å². The monoisotopic (exact) mass is 443 g/mol. The van der Waals surface area contributed by atoms with E-state index >= 15 is 0 Å². The summed E-state index contributed by atoms with van der Waals surface area (Å²) in [6.45, 7) is 3.60. The smallest absolute Gasteiger partial charge is 0.403 e. The molecule has 0 radical (unpaired) electrons. The highest BCUT2D eigenvalue weighted by molar-refractivity contribution is 6.31. The van der Waals surface area contributed by atoms with Gasteiger partial charge in [-0.2, -0.15) is 13.2 Å². The maximum absolute atomic E-state index is 13.9. The molecule has 1 unspecified atom stereocenters. The second-order valence-electron chi connectivity index (χ2n) is 7.87. The summed E-state index contributed by atoms with van der Waals surface area (Å²) in [6, 6.07) is 14.8. The zero-order valence-electron chi connectivity index (χ0n) is 17.1. The number of allylic oxidation sites excluding steroid dienone is 5. The number of rotatable bonds is 4. The van der Waals surface area contributed by atoms with Gasteiger partial charge in [-0.3, -0.25) is 4.99 Å². The molecule has 1 aliphatic carbocycles. The van der Waals surface area contributed by atoms with Gasteiger partial charge in [-0.05, 0) is 48.8 Å².